The van der Waals surface area contributed by atoms with Crippen LogP contribution in [0.5, 0.6) is 0 Å². The van der Waals surface area contributed by atoms with Crippen LogP contribution in [-0.2, 0) is 0 Å². The Labute approximate surface area is 168 Å². The summed E-state index contributed by atoms with van der Waals surface area (Å²) in [4.78, 5) is 0. The summed E-state index contributed by atoms with van der Waals surface area (Å²) < 4.78 is 0. The lowest BCUT2D eigenvalue weighted by Crippen LogP contribution is -2.49. The van der Waals surface area contributed by atoms with Crippen LogP contribution in [0.25, 0.3) is 0 Å². The fourth-order valence-corrected chi connectivity index (χ4v) is 7.75. The van der Waals surface area contributed by atoms with Crippen molar-refractivity contribution in [3.63, 3.8) is 0 Å². The molecule has 0 aromatic heterocycles. The third-order valence-corrected chi connectivity index (χ3v) is 9.13. The SMILES string of the molecule is C=C1C=C2C(CO)CC3C(CCC4(CC)C(C)C(C)CC34)C2CC1.C=CC. The summed E-state index contributed by atoms with van der Waals surface area (Å²) in [6.07, 6.45) is 13.5. The van der Waals surface area contributed by atoms with Gasteiger partial charge in [-0.05, 0) is 92.8 Å². The summed E-state index contributed by atoms with van der Waals surface area (Å²) in [5, 5.41) is 10.1. The van der Waals surface area contributed by atoms with E-state index < -0.39 is 0 Å². The molecule has 0 aliphatic heterocycles. The van der Waals surface area contributed by atoms with E-state index in [1.165, 1.54) is 50.5 Å². The van der Waals surface area contributed by atoms with Gasteiger partial charge in [-0.2, -0.15) is 0 Å². The van der Waals surface area contributed by atoms with Crippen LogP contribution < -0.4 is 0 Å². The van der Waals surface area contributed by atoms with Crippen molar-refractivity contribution in [3.05, 3.63) is 36.5 Å². The largest absolute Gasteiger partial charge is 0.396 e. The number of hydrogen-bond donors (Lipinski definition) is 1. The Bertz CT molecular complexity index is 587. The number of allylic oxidation sites excluding steroid dienone is 3. The van der Waals surface area contributed by atoms with E-state index in [9.17, 15) is 5.11 Å². The third-order valence-electron chi connectivity index (χ3n) is 9.13. The fraction of sp³-hybridized carbons (Fsp3) is 0.769. The van der Waals surface area contributed by atoms with Gasteiger partial charge in [0.25, 0.3) is 0 Å². The minimum Gasteiger partial charge on any atom is -0.396 e. The molecule has 152 valence electrons. The zero-order valence-corrected chi connectivity index (χ0v) is 18.2. The summed E-state index contributed by atoms with van der Waals surface area (Å²) in [6.45, 7) is 17.3. The maximum atomic E-state index is 10.1. The topological polar surface area (TPSA) is 20.2 Å². The van der Waals surface area contributed by atoms with Crippen molar-refractivity contribution in [2.75, 3.05) is 6.61 Å². The van der Waals surface area contributed by atoms with Gasteiger partial charge in [-0.3, -0.25) is 0 Å². The lowest BCUT2D eigenvalue weighted by Gasteiger charge is -2.56. The number of fused-ring (bicyclic) bond motifs is 5. The molecule has 0 aromatic carbocycles. The van der Waals surface area contributed by atoms with E-state index in [2.05, 4.69) is 40.0 Å². The average molecular weight is 371 g/mol. The Hall–Kier alpha value is -0.820. The molecule has 1 nitrogen and oxygen atoms in total. The van der Waals surface area contributed by atoms with E-state index in [4.69, 9.17) is 0 Å². The van der Waals surface area contributed by atoms with Gasteiger partial charge in [0.05, 0.1) is 0 Å². The molecule has 27 heavy (non-hydrogen) atoms. The Morgan fingerprint density at radius 2 is 1.93 bits per heavy atom. The van der Waals surface area contributed by atoms with Gasteiger partial charge >= 0.3 is 0 Å². The minimum atomic E-state index is 0.343. The third kappa shape index (κ3) is 3.39. The number of rotatable bonds is 2. The van der Waals surface area contributed by atoms with E-state index in [-0.39, 0.29) is 0 Å². The van der Waals surface area contributed by atoms with E-state index >= 15 is 0 Å². The van der Waals surface area contributed by atoms with Gasteiger partial charge in [-0.1, -0.05) is 50.6 Å². The number of aliphatic hydroxyl groups is 1. The molecular formula is C26H42O. The van der Waals surface area contributed by atoms with Crippen molar-refractivity contribution in [2.24, 2.45) is 46.8 Å². The van der Waals surface area contributed by atoms with Crippen molar-refractivity contribution in [1.29, 1.82) is 0 Å². The first-order valence-corrected chi connectivity index (χ1v) is 11.5. The molecule has 0 bridgehead atoms. The minimum absolute atomic E-state index is 0.343. The van der Waals surface area contributed by atoms with Gasteiger partial charge in [-0.15, -0.1) is 6.58 Å². The molecule has 0 radical (unpaired) electrons. The van der Waals surface area contributed by atoms with E-state index in [0.717, 1.165) is 35.5 Å². The van der Waals surface area contributed by atoms with Gasteiger partial charge < -0.3 is 5.11 Å². The maximum Gasteiger partial charge on any atom is 0.0496 e. The lowest BCUT2D eigenvalue weighted by molar-refractivity contribution is -0.0467. The highest BCUT2D eigenvalue weighted by Gasteiger charge is 2.59. The molecular weight excluding hydrogens is 328 g/mol. The first-order chi connectivity index (χ1) is 12.9. The van der Waals surface area contributed by atoms with Gasteiger partial charge in [0.1, 0.15) is 0 Å². The molecule has 1 N–H and O–H groups in total. The summed E-state index contributed by atoms with van der Waals surface area (Å²) in [5.74, 6) is 5.56. The van der Waals surface area contributed by atoms with Crippen LogP contribution in [0.15, 0.2) is 36.5 Å². The van der Waals surface area contributed by atoms with Crippen molar-refractivity contribution in [3.8, 4) is 0 Å². The zero-order valence-electron chi connectivity index (χ0n) is 18.2. The molecule has 3 saturated carbocycles. The van der Waals surface area contributed by atoms with Gasteiger partial charge in [-0.25, -0.2) is 0 Å². The van der Waals surface area contributed by atoms with Gasteiger partial charge in [0, 0.05) is 12.5 Å². The second-order valence-electron chi connectivity index (χ2n) is 10.0. The summed E-state index contributed by atoms with van der Waals surface area (Å²) >= 11 is 0. The molecule has 0 heterocycles. The zero-order chi connectivity index (χ0) is 19.8. The van der Waals surface area contributed by atoms with Crippen LogP contribution in [0.1, 0.15) is 72.6 Å². The van der Waals surface area contributed by atoms with Crippen LogP contribution >= 0.6 is 0 Å². The van der Waals surface area contributed by atoms with E-state index in [1.54, 1.807) is 11.6 Å². The Morgan fingerprint density at radius 3 is 2.56 bits per heavy atom. The molecule has 0 spiro atoms. The second-order valence-corrected chi connectivity index (χ2v) is 10.0. The van der Waals surface area contributed by atoms with E-state index in [0.29, 0.717) is 17.9 Å². The number of aliphatic hydroxyl groups excluding tert-OH is 1. The predicted molar refractivity (Wildman–Crippen MR) is 116 cm³/mol. The van der Waals surface area contributed by atoms with Crippen LogP contribution in [0, 0.1) is 46.8 Å². The summed E-state index contributed by atoms with van der Waals surface area (Å²) in [6, 6.07) is 0. The first-order valence-electron chi connectivity index (χ1n) is 11.5. The monoisotopic (exact) mass is 370 g/mol. The molecule has 0 aromatic rings. The highest BCUT2D eigenvalue weighted by Crippen LogP contribution is 2.66. The smallest absolute Gasteiger partial charge is 0.0496 e. The number of hydrogen-bond acceptors (Lipinski definition) is 1. The fourth-order valence-electron chi connectivity index (χ4n) is 7.75. The second kappa shape index (κ2) is 8.27. The highest BCUT2D eigenvalue weighted by atomic mass is 16.3. The Kier molecular flexibility index (Phi) is 6.41. The lowest BCUT2D eigenvalue weighted by atomic mass is 9.48. The Balaban J connectivity index is 0.000000659. The summed E-state index contributed by atoms with van der Waals surface area (Å²) in [5.41, 5.74) is 3.46. The molecule has 4 aliphatic rings. The molecule has 1 heteroatoms. The van der Waals surface area contributed by atoms with E-state index in [1.807, 2.05) is 6.92 Å². The predicted octanol–water partition coefficient (Wildman–Crippen LogP) is 6.80. The van der Waals surface area contributed by atoms with Crippen LogP contribution in [-0.4, -0.2) is 11.7 Å². The standard InChI is InChI=1S/C23H36O.C3H6/c1-5-23-9-8-19-18-7-6-14(2)10-20(18)17(13-24)12-21(19)22(23)11-15(3)16(23)4;1-3-2/h10,15-19,21-22,24H,2,5-9,11-13H2,1,3-4H3;3H,1H2,2H3. The maximum absolute atomic E-state index is 10.1. The Morgan fingerprint density at radius 1 is 1.22 bits per heavy atom. The molecule has 4 rings (SSSR count). The van der Waals surface area contributed by atoms with Gasteiger partial charge in [0.15, 0.2) is 0 Å². The van der Waals surface area contributed by atoms with Crippen molar-refractivity contribution >= 4 is 0 Å². The molecule has 8 unspecified atom stereocenters. The molecule has 3 fully saturated rings. The average Bonchev–Trinajstić information content (AvgIpc) is 2.93. The van der Waals surface area contributed by atoms with Crippen molar-refractivity contribution in [1.82, 2.24) is 0 Å². The quantitative estimate of drug-likeness (QED) is 0.530. The molecule has 0 amide bonds. The van der Waals surface area contributed by atoms with Crippen LogP contribution in [0.4, 0.5) is 0 Å². The van der Waals surface area contributed by atoms with Crippen molar-refractivity contribution in [2.45, 2.75) is 72.6 Å². The molecule has 0 saturated heterocycles. The first kappa shape index (κ1) is 20.9. The van der Waals surface area contributed by atoms with Crippen molar-refractivity contribution < 1.29 is 5.11 Å². The van der Waals surface area contributed by atoms with Gasteiger partial charge in [0.2, 0.25) is 0 Å². The normalized spacial score (nSPS) is 45.6. The molecule has 4 aliphatic carbocycles. The summed E-state index contributed by atoms with van der Waals surface area (Å²) in [7, 11) is 0. The molecule has 8 atom stereocenters. The van der Waals surface area contributed by atoms with Crippen LogP contribution in [0.3, 0.4) is 0 Å². The van der Waals surface area contributed by atoms with Crippen LogP contribution in [0.2, 0.25) is 0 Å². The highest BCUT2D eigenvalue weighted by molar-refractivity contribution is 5.31.